The fourth-order valence-electron chi connectivity index (χ4n) is 3.12. The van der Waals surface area contributed by atoms with Crippen LogP contribution in [0, 0.1) is 20.8 Å². The van der Waals surface area contributed by atoms with Crippen LogP contribution in [0.15, 0.2) is 54.4 Å². The van der Waals surface area contributed by atoms with E-state index in [2.05, 4.69) is 53.3 Å². The van der Waals surface area contributed by atoms with Crippen LogP contribution in [0.25, 0.3) is 11.3 Å². The number of carbonyl (C=O) groups is 1. The zero-order chi connectivity index (χ0) is 20.4. The molecule has 0 saturated carbocycles. The molecule has 0 bridgehead atoms. The molecule has 1 N–H and O–H groups in total. The van der Waals surface area contributed by atoms with Crippen molar-refractivity contribution in [3.8, 4) is 11.3 Å². The van der Waals surface area contributed by atoms with E-state index in [-0.39, 0.29) is 5.91 Å². The molecule has 0 aliphatic carbocycles. The molecular formula is C22H21N5OS. The summed E-state index contributed by atoms with van der Waals surface area (Å²) in [6.45, 7) is 6.91. The normalized spacial score (nSPS) is 10.9. The lowest BCUT2D eigenvalue weighted by Gasteiger charge is -2.07. The molecule has 0 aliphatic rings. The van der Waals surface area contributed by atoms with Gasteiger partial charge in [0.2, 0.25) is 0 Å². The second-order valence-corrected chi connectivity index (χ2v) is 7.89. The summed E-state index contributed by atoms with van der Waals surface area (Å²) in [4.78, 5) is 21.1. The van der Waals surface area contributed by atoms with Crippen LogP contribution in [-0.2, 0) is 6.54 Å². The van der Waals surface area contributed by atoms with Gasteiger partial charge in [-0.3, -0.25) is 10.1 Å². The molecule has 7 heteroatoms. The van der Waals surface area contributed by atoms with Crippen molar-refractivity contribution in [3.63, 3.8) is 0 Å². The Kier molecular flexibility index (Phi) is 5.22. The summed E-state index contributed by atoms with van der Waals surface area (Å²) in [6, 6.07) is 11.8. The van der Waals surface area contributed by atoms with Crippen LogP contribution in [0.3, 0.4) is 0 Å². The molecule has 0 aliphatic heterocycles. The highest BCUT2D eigenvalue weighted by Gasteiger charge is 2.12. The van der Waals surface area contributed by atoms with Crippen molar-refractivity contribution in [1.29, 1.82) is 0 Å². The minimum Gasteiger partial charge on any atom is -0.298 e. The third kappa shape index (κ3) is 4.25. The van der Waals surface area contributed by atoms with Crippen LogP contribution in [-0.4, -0.2) is 25.7 Å². The van der Waals surface area contributed by atoms with E-state index in [0.29, 0.717) is 17.2 Å². The Morgan fingerprint density at radius 3 is 2.55 bits per heavy atom. The van der Waals surface area contributed by atoms with Gasteiger partial charge in [-0.05, 0) is 61.2 Å². The molecule has 1 amide bonds. The molecule has 0 unspecified atom stereocenters. The third-order valence-electron chi connectivity index (χ3n) is 4.87. The first-order valence-corrected chi connectivity index (χ1v) is 10.1. The van der Waals surface area contributed by atoms with Gasteiger partial charge in [-0.1, -0.05) is 18.2 Å². The van der Waals surface area contributed by atoms with Gasteiger partial charge >= 0.3 is 0 Å². The first-order chi connectivity index (χ1) is 14.0. The van der Waals surface area contributed by atoms with Gasteiger partial charge in [0.05, 0.1) is 12.2 Å². The van der Waals surface area contributed by atoms with E-state index in [1.165, 1.54) is 34.4 Å². The molecule has 0 radical (unpaired) electrons. The van der Waals surface area contributed by atoms with Crippen LogP contribution >= 0.6 is 11.3 Å². The van der Waals surface area contributed by atoms with E-state index in [9.17, 15) is 4.79 Å². The zero-order valence-corrected chi connectivity index (χ0v) is 17.3. The Morgan fingerprint density at radius 1 is 1.07 bits per heavy atom. The molecule has 2 heterocycles. The number of hydrogen-bond acceptors (Lipinski definition) is 5. The standard InChI is InChI=1S/C22H21N5OS/c1-14-8-16(3)19(9-15(14)2)20-11-29-22(25-20)26-21(28)18-6-4-17(5-7-18)10-27-13-23-12-24-27/h4-9,11-13H,10H2,1-3H3,(H,25,26,28). The van der Waals surface area contributed by atoms with E-state index < -0.39 is 0 Å². The minimum absolute atomic E-state index is 0.171. The highest BCUT2D eigenvalue weighted by molar-refractivity contribution is 7.14. The largest absolute Gasteiger partial charge is 0.298 e. The maximum absolute atomic E-state index is 12.6. The summed E-state index contributed by atoms with van der Waals surface area (Å²) < 4.78 is 1.74. The Morgan fingerprint density at radius 2 is 1.83 bits per heavy atom. The van der Waals surface area contributed by atoms with E-state index in [0.717, 1.165) is 16.8 Å². The summed E-state index contributed by atoms with van der Waals surface area (Å²) in [5.74, 6) is -0.171. The molecule has 0 spiro atoms. The predicted molar refractivity (Wildman–Crippen MR) is 115 cm³/mol. The number of thiazole rings is 1. The summed E-state index contributed by atoms with van der Waals surface area (Å²) in [6.07, 6.45) is 3.17. The third-order valence-corrected chi connectivity index (χ3v) is 5.63. The number of aromatic nitrogens is 4. The van der Waals surface area contributed by atoms with Gasteiger partial charge in [0.15, 0.2) is 5.13 Å². The van der Waals surface area contributed by atoms with Gasteiger partial charge in [0.1, 0.15) is 12.7 Å². The lowest BCUT2D eigenvalue weighted by molar-refractivity contribution is 0.102. The van der Waals surface area contributed by atoms with Crippen molar-refractivity contribution in [2.75, 3.05) is 5.32 Å². The Labute approximate surface area is 173 Å². The highest BCUT2D eigenvalue weighted by atomic mass is 32.1. The lowest BCUT2D eigenvalue weighted by atomic mass is 9.99. The van der Waals surface area contributed by atoms with Crippen molar-refractivity contribution in [1.82, 2.24) is 19.7 Å². The summed E-state index contributed by atoms with van der Waals surface area (Å²) in [5, 5.41) is 9.56. The number of carbonyl (C=O) groups excluding carboxylic acids is 1. The second kappa shape index (κ2) is 7.97. The molecule has 4 aromatic rings. The quantitative estimate of drug-likeness (QED) is 0.527. The predicted octanol–water partition coefficient (Wildman–Crippen LogP) is 4.63. The van der Waals surface area contributed by atoms with Crippen LogP contribution < -0.4 is 5.32 Å². The van der Waals surface area contributed by atoms with Crippen molar-refractivity contribution in [3.05, 3.63) is 82.3 Å². The maximum atomic E-state index is 12.6. The fraction of sp³-hybridized carbons (Fsp3) is 0.182. The van der Waals surface area contributed by atoms with Crippen molar-refractivity contribution in [2.45, 2.75) is 27.3 Å². The van der Waals surface area contributed by atoms with Crippen LogP contribution in [0.2, 0.25) is 0 Å². The average molecular weight is 404 g/mol. The molecule has 4 rings (SSSR count). The van der Waals surface area contributed by atoms with Crippen LogP contribution in [0.4, 0.5) is 5.13 Å². The molecule has 146 valence electrons. The Balaban J connectivity index is 1.46. The van der Waals surface area contributed by atoms with Crippen LogP contribution in [0.5, 0.6) is 0 Å². The highest BCUT2D eigenvalue weighted by Crippen LogP contribution is 2.29. The molecule has 2 aromatic carbocycles. The smallest absolute Gasteiger partial charge is 0.257 e. The summed E-state index contributed by atoms with van der Waals surface area (Å²) in [7, 11) is 0. The molecule has 0 fully saturated rings. The number of rotatable bonds is 5. The molecule has 2 aromatic heterocycles. The topological polar surface area (TPSA) is 72.7 Å². The van der Waals surface area contributed by atoms with E-state index >= 15 is 0 Å². The fourth-order valence-corrected chi connectivity index (χ4v) is 3.83. The lowest BCUT2D eigenvalue weighted by Crippen LogP contribution is -2.12. The molecule has 29 heavy (non-hydrogen) atoms. The number of aryl methyl sites for hydroxylation is 3. The zero-order valence-electron chi connectivity index (χ0n) is 16.5. The van der Waals surface area contributed by atoms with E-state index in [1.54, 1.807) is 11.0 Å². The Hall–Kier alpha value is -3.32. The number of anilines is 1. The number of hydrogen-bond donors (Lipinski definition) is 1. The van der Waals surface area contributed by atoms with Crippen LogP contribution in [0.1, 0.15) is 32.6 Å². The second-order valence-electron chi connectivity index (χ2n) is 7.03. The van der Waals surface area contributed by atoms with E-state index in [4.69, 9.17) is 0 Å². The van der Waals surface area contributed by atoms with Gasteiger partial charge in [-0.15, -0.1) is 11.3 Å². The van der Waals surface area contributed by atoms with Crippen molar-refractivity contribution >= 4 is 22.4 Å². The number of nitrogens with zero attached hydrogens (tertiary/aromatic N) is 4. The first-order valence-electron chi connectivity index (χ1n) is 9.26. The molecular weight excluding hydrogens is 382 g/mol. The Bertz CT molecular complexity index is 1150. The van der Waals surface area contributed by atoms with Gasteiger partial charge in [0.25, 0.3) is 5.91 Å². The SMILES string of the molecule is Cc1cc(C)c(-c2csc(NC(=O)c3ccc(Cn4cncn4)cc3)n2)cc1C. The average Bonchev–Trinajstić information content (AvgIpc) is 3.37. The molecule has 0 atom stereocenters. The van der Waals surface area contributed by atoms with Gasteiger partial charge in [-0.2, -0.15) is 5.10 Å². The number of nitrogens with one attached hydrogen (secondary N) is 1. The van der Waals surface area contributed by atoms with Gasteiger partial charge < -0.3 is 0 Å². The van der Waals surface area contributed by atoms with Crippen molar-refractivity contribution in [2.24, 2.45) is 0 Å². The van der Waals surface area contributed by atoms with E-state index in [1.807, 2.05) is 29.6 Å². The van der Waals surface area contributed by atoms with Gasteiger partial charge in [0, 0.05) is 16.5 Å². The first kappa shape index (κ1) is 19.0. The monoisotopic (exact) mass is 403 g/mol. The molecule has 6 nitrogen and oxygen atoms in total. The minimum atomic E-state index is -0.171. The summed E-state index contributed by atoms with van der Waals surface area (Å²) >= 11 is 1.43. The summed E-state index contributed by atoms with van der Waals surface area (Å²) in [5.41, 5.74) is 7.30. The van der Waals surface area contributed by atoms with Gasteiger partial charge in [-0.25, -0.2) is 14.6 Å². The number of amides is 1. The van der Waals surface area contributed by atoms with Crippen molar-refractivity contribution < 1.29 is 4.79 Å². The number of benzene rings is 2. The molecule has 0 saturated heterocycles. The maximum Gasteiger partial charge on any atom is 0.257 e.